The second kappa shape index (κ2) is 9.04. The molecule has 0 aromatic rings. The largest absolute Gasteiger partial charge is 0.398 e. The van der Waals surface area contributed by atoms with Crippen molar-refractivity contribution in [3.63, 3.8) is 0 Å². The summed E-state index contributed by atoms with van der Waals surface area (Å²) >= 11 is 0. The number of rotatable bonds is 12. The minimum Gasteiger partial charge on any atom is -0.398 e. The van der Waals surface area contributed by atoms with Crippen LogP contribution in [0.5, 0.6) is 0 Å². The highest BCUT2D eigenvalue weighted by atomic mass is 28.4. The quantitative estimate of drug-likeness (QED) is 0.312. The molecule has 4 nitrogen and oxygen atoms in total. The minimum absolute atomic E-state index is 0.362. The zero-order valence-electron chi connectivity index (χ0n) is 12.1. The lowest BCUT2D eigenvalue weighted by Crippen LogP contribution is -2.40. The van der Waals surface area contributed by atoms with Crippen molar-refractivity contribution >= 4 is 8.56 Å². The van der Waals surface area contributed by atoms with Gasteiger partial charge in [-0.15, -0.1) is 0 Å². The van der Waals surface area contributed by atoms with E-state index in [1.165, 1.54) is 19.3 Å². The second-order valence-electron chi connectivity index (χ2n) is 4.91. The summed E-state index contributed by atoms with van der Waals surface area (Å²) in [6, 6.07) is 2.12. The number of hydrogen-bond donors (Lipinski definition) is 0. The van der Waals surface area contributed by atoms with Gasteiger partial charge >= 0.3 is 8.56 Å². The zero-order chi connectivity index (χ0) is 13.3. The van der Waals surface area contributed by atoms with Crippen molar-refractivity contribution in [2.75, 3.05) is 34.0 Å². The van der Waals surface area contributed by atoms with Crippen molar-refractivity contribution in [3.8, 4) is 0 Å². The summed E-state index contributed by atoms with van der Waals surface area (Å²) in [5, 5.41) is 0. The molecule has 0 N–H and O–H groups in total. The van der Waals surface area contributed by atoms with Crippen molar-refractivity contribution in [1.82, 2.24) is 0 Å². The summed E-state index contributed by atoms with van der Waals surface area (Å²) in [6.07, 6.45) is 5.09. The topological polar surface area (TPSA) is 40.2 Å². The highest BCUT2D eigenvalue weighted by molar-refractivity contribution is 6.67. The Morgan fingerprint density at radius 1 is 1.11 bits per heavy atom. The summed E-state index contributed by atoms with van der Waals surface area (Å²) < 4.78 is 22.1. The van der Waals surface area contributed by atoms with Crippen LogP contribution in [0.1, 0.15) is 32.6 Å². The van der Waals surface area contributed by atoms with E-state index in [4.69, 9.17) is 18.3 Å². The van der Waals surface area contributed by atoms with Gasteiger partial charge in [0.15, 0.2) is 0 Å². The predicted octanol–water partition coefficient (Wildman–Crippen LogP) is 2.72. The SMILES string of the molecule is CCCCC[Si](CCCOCC1CO1)(OC)OC. The Morgan fingerprint density at radius 2 is 1.78 bits per heavy atom. The molecule has 18 heavy (non-hydrogen) atoms. The standard InChI is InChI=1S/C13H28O4Si/c1-4-5-6-9-18(14-2,15-3)10-7-8-16-11-13-12-17-13/h13H,4-12H2,1-3H3. The molecule has 1 heterocycles. The van der Waals surface area contributed by atoms with Gasteiger partial charge in [-0.2, -0.15) is 0 Å². The van der Waals surface area contributed by atoms with E-state index in [0.29, 0.717) is 6.10 Å². The van der Waals surface area contributed by atoms with Gasteiger partial charge in [-0.25, -0.2) is 0 Å². The average molecular weight is 276 g/mol. The molecule has 0 amide bonds. The summed E-state index contributed by atoms with van der Waals surface area (Å²) in [5.74, 6) is 0. The van der Waals surface area contributed by atoms with Gasteiger partial charge in [0.1, 0.15) is 6.10 Å². The number of hydrogen-bond acceptors (Lipinski definition) is 4. The van der Waals surface area contributed by atoms with Crippen molar-refractivity contribution < 1.29 is 18.3 Å². The van der Waals surface area contributed by atoms with Crippen LogP contribution in [0.4, 0.5) is 0 Å². The molecular weight excluding hydrogens is 248 g/mol. The molecule has 0 aliphatic carbocycles. The molecule has 1 aliphatic heterocycles. The molecule has 0 radical (unpaired) electrons. The van der Waals surface area contributed by atoms with Crippen LogP contribution < -0.4 is 0 Å². The van der Waals surface area contributed by atoms with Crippen LogP contribution in [0.2, 0.25) is 12.1 Å². The van der Waals surface area contributed by atoms with Gasteiger partial charge in [0.2, 0.25) is 0 Å². The molecule has 5 heteroatoms. The Morgan fingerprint density at radius 3 is 2.33 bits per heavy atom. The second-order valence-corrected chi connectivity index (χ2v) is 8.55. The zero-order valence-corrected chi connectivity index (χ0v) is 13.1. The first kappa shape index (κ1) is 16.1. The van der Waals surface area contributed by atoms with Crippen LogP contribution in [-0.2, 0) is 18.3 Å². The van der Waals surface area contributed by atoms with Gasteiger partial charge in [0, 0.05) is 20.8 Å². The molecule has 1 aliphatic rings. The van der Waals surface area contributed by atoms with E-state index in [1.807, 2.05) is 0 Å². The average Bonchev–Trinajstić information content (AvgIpc) is 3.21. The van der Waals surface area contributed by atoms with Crippen molar-refractivity contribution in [2.24, 2.45) is 0 Å². The molecule has 108 valence electrons. The van der Waals surface area contributed by atoms with Gasteiger partial charge in [-0.1, -0.05) is 26.2 Å². The Balaban J connectivity index is 2.13. The first-order valence-corrected chi connectivity index (χ1v) is 9.29. The van der Waals surface area contributed by atoms with Crippen molar-refractivity contribution in [3.05, 3.63) is 0 Å². The maximum Gasteiger partial charge on any atom is 0.337 e. The van der Waals surface area contributed by atoms with E-state index >= 15 is 0 Å². The molecule has 1 rings (SSSR count). The lowest BCUT2D eigenvalue weighted by molar-refractivity contribution is 0.114. The summed E-state index contributed by atoms with van der Waals surface area (Å²) in [6.45, 7) is 4.61. The van der Waals surface area contributed by atoms with Crippen LogP contribution >= 0.6 is 0 Å². The predicted molar refractivity (Wildman–Crippen MR) is 74.1 cm³/mol. The molecule has 1 atom stereocenters. The molecule has 1 fully saturated rings. The third-order valence-corrected chi connectivity index (χ3v) is 7.18. The molecular formula is C13H28O4Si. The fourth-order valence-corrected chi connectivity index (χ4v) is 4.79. The van der Waals surface area contributed by atoms with E-state index in [0.717, 1.165) is 38.3 Å². The normalized spacial score (nSPS) is 19.2. The van der Waals surface area contributed by atoms with E-state index in [-0.39, 0.29) is 0 Å². The Kier molecular flexibility index (Phi) is 8.09. The lowest BCUT2D eigenvalue weighted by atomic mass is 10.3. The van der Waals surface area contributed by atoms with Gasteiger partial charge < -0.3 is 18.3 Å². The van der Waals surface area contributed by atoms with Crippen LogP contribution in [-0.4, -0.2) is 48.7 Å². The molecule has 0 aromatic carbocycles. The van der Waals surface area contributed by atoms with Gasteiger partial charge in [-0.3, -0.25) is 0 Å². The van der Waals surface area contributed by atoms with Crippen LogP contribution in [0.3, 0.4) is 0 Å². The number of epoxide rings is 1. The van der Waals surface area contributed by atoms with Crippen molar-refractivity contribution in [2.45, 2.75) is 50.8 Å². The summed E-state index contributed by atoms with van der Waals surface area (Å²) in [5.41, 5.74) is 0. The fourth-order valence-electron chi connectivity index (χ4n) is 2.08. The maximum atomic E-state index is 5.71. The van der Waals surface area contributed by atoms with E-state index in [9.17, 15) is 0 Å². The smallest absolute Gasteiger partial charge is 0.337 e. The van der Waals surface area contributed by atoms with Gasteiger partial charge in [0.25, 0.3) is 0 Å². The van der Waals surface area contributed by atoms with Crippen LogP contribution in [0.25, 0.3) is 0 Å². The van der Waals surface area contributed by atoms with Gasteiger partial charge in [-0.05, 0) is 18.5 Å². The first-order valence-electron chi connectivity index (χ1n) is 7.06. The third-order valence-electron chi connectivity index (χ3n) is 3.46. The maximum absolute atomic E-state index is 5.71. The fraction of sp³-hybridized carbons (Fsp3) is 1.00. The highest BCUT2D eigenvalue weighted by Crippen LogP contribution is 2.23. The lowest BCUT2D eigenvalue weighted by Gasteiger charge is -2.27. The van der Waals surface area contributed by atoms with E-state index < -0.39 is 8.56 Å². The van der Waals surface area contributed by atoms with E-state index in [2.05, 4.69) is 6.92 Å². The monoisotopic (exact) mass is 276 g/mol. The Labute approximate surface area is 112 Å². The van der Waals surface area contributed by atoms with Gasteiger partial charge in [0.05, 0.1) is 13.2 Å². The van der Waals surface area contributed by atoms with Crippen molar-refractivity contribution in [1.29, 1.82) is 0 Å². The molecule has 0 spiro atoms. The number of ether oxygens (including phenoxy) is 2. The Bertz CT molecular complexity index is 205. The summed E-state index contributed by atoms with van der Waals surface area (Å²) in [4.78, 5) is 0. The molecule has 0 aromatic heterocycles. The summed E-state index contributed by atoms with van der Waals surface area (Å²) in [7, 11) is 1.63. The Hall–Kier alpha value is 0.0569. The molecule has 1 saturated heterocycles. The minimum atomic E-state index is -1.95. The molecule has 0 saturated carbocycles. The van der Waals surface area contributed by atoms with Crippen LogP contribution in [0, 0.1) is 0 Å². The molecule has 1 unspecified atom stereocenters. The molecule has 0 bridgehead atoms. The first-order chi connectivity index (χ1) is 8.76. The van der Waals surface area contributed by atoms with E-state index in [1.54, 1.807) is 14.2 Å². The highest BCUT2D eigenvalue weighted by Gasteiger charge is 2.34. The number of unbranched alkanes of at least 4 members (excludes halogenated alkanes) is 2. The third kappa shape index (κ3) is 6.29. The van der Waals surface area contributed by atoms with Crippen LogP contribution in [0.15, 0.2) is 0 Å².